The number of Topliss-reactive ketones (excluding diaryl/α,β-unsaturated/α-hetero) is 1. The number of ether oxygens (including phenoxy) is 6. The van der Waals surface area contributed by atoms with E-state index >= 15 is 0 Å². The van der Waals surface area contributed by atoms with Crippen LogP contribution in [-0.4, -0.2) is 177 Å². The van der Waals surface area contributed by atoms with Gasteiger partial charge >= 0.3 is 5.97 Å². The summed E-state index contributed by atoms with van der Waals surface area (Å²) in [5, 5.41) is 60.8. The van der Waals surface area contributed by atoms with Crippen LogP contribution in [0.25, 0.3) is 11.1 Å². The molecule has 1 aromatic heterocycles. The van der Waals surface area contributed by atoms with Crippen LogP contribution in [0.4, 0.5) is 10.3 Å². The predicted octanol–water partition coefficient (Wildman–Crippen LogP) is 3.70. The first-order chi connectivity index (χ1) is 34.2. The molecular formula is C53H84FN5O14. The molecule has 412 valence electrons. The number of hydrogen-bond donors (Lipinski definition) is 7. The van der Waals surface area contributed by atoms with Gasteiger partial charge in [0.2, 0.25) is 11.9 Å². The molecule has 1 amide bonds. The summed E-state index contributed by atoms with van der Waals surface area (Å²) >= 11 is 0. The number of anilines is 1. The van der Waals surface area contributed by atoms with Crippen LogP contribution in [-0.2, 0) is 42.8 Å². The van der Waals surface area contributed by atoms with Crippen molar-refractivity contribution in [2.45, 2.75) is 191 Å². The highest BCUT2D eigenvalue weighted by molar-refractivity contribution is 5.83. The number of amides is 1. The van der Waals surface area contributed by atoms with Gasteiger partial charge in [0.1, 0.15) is 42.5 Å². The van der Waals surface area contributed by atoms with Crippen LogP contribution in [0.2, 0.25) is 0 Å². The fourth-order valence-corrected chi connectivity index (χ4v) is 11.6. The molecule has 5 rings (SSSR count). The molecule has 1 unspecified atom stereocenters. The maximum absolute atomic E-state index is 14.6. The third kappa shape index (κ3) is 13.4. The van der Waals surface area contributed by atoms with Crippen molar-refractivity contribution in [3.63, 3.8) is 0 Å². The normalized spacial score (nSPS) is 39.0. The molecule has 20 atom stereocenters. The summed E-state index contributed by atoms with van der Waals surface area (Å²) < 4.78 is 52.9. The van der Waals surface area contributed by atoms with Gasteiger partial charge in [-0.2, -0.15) is 0 Å². The molecule has 3 aliphatic heterocycles. The van der Waals surface area contributed by atoms with Gasteiger partial charge < -0.3 is 69.9 Å². The number of carbonyl (C=O) groups is 3. The predicted molar refractivity (Wildman–Crippen MR) is 268 cm³/mol. The van der Waals surface area contributed by atoms with Gasteiger partial charge in [-0.1, -0.05) is 58.9 Å². The largest absolute Gasteiger partial charge is 0.459 e. The van der Waals surface area contributed by atoms with Gasteiger partial charge in [0.05, 0.1) is 53.7 Å². The highest BCUT2D eigenvalue weighted by atomic mass is 19.1. The molecule has 3 aliphatic rings. The first kappa shape index (κ1) is 60.1. The second-order valence-corrected chi connectivity index (χ2v) is 21.7. The van der Waals surface area contributed by atoms with Crippen molar-refractivity contribution in [1.29, 1.82) is 0 Å². The minimum Gasteiger partial charge on any atom is -0.459 e. The van der Waals surface area contributed by atoms with Crippen molar-refractivity contribution < 1.29 is 72.7 Å². The van der Waals surface area contributed by atoms with Gasteiger partial charge in [0.15, 0.2) is 6.29 Å². The van der Waals surface area contributed by atoms with Crippen LogP contribution in [0, 0.1) is 29.6 Å². The highest BCUT2D eigenvalue weighted by Crippen LogP contribution is 2.46. The molecule has 8 N–H and O–H groups in total. The Labute approximate surface area is 430 Å². The van der Waals surface area contributed by atoms with Gasteiger partial charge in [-0.15, -0.1) is 0 Å². The van der Waals surface area contributed by atoms with Crippen LogP contribution in [0.3, 0.4) is 0 Å². The van der Waals surface area contributed by atoms with E-state index in [2.05, 4.69) is 15.3 Å². The van der Waals surface area contributed by atoms with E-state index in [1.54, 1.807) is 90.1 Å². The molecule has 20 heteroatoms. The average Bonchev–Trinajstić information content (AvgIpc) is 3.36. The van der Waals surface area contributed by atoms with Gasteiger partial charge in [-0.25, -0.2) is 14.4 Å². The van der Waals surface area contributed by atoms with Crippen molar-refractivity contribution in [3.8, 4) is 11.1 Å². The molecule has 73 heavy (non-hydrogen) atoms. The third-order valence-electron chi connectivity index (χ3n) is 16.4. The number of rotatable bonds is 15. The second-order valence-electron chi connectivity index (χ2n) is 21.7. The Bertz CT molecular complexity index is 2130. The van der Waals surface area contributed by atoms with Crippen molar-refractivity contribution in [2.75, 3.05) is 40.2 Å². The Morgan fingerprint density at radius 3 is 2.12 bits per heavy atom. The van der Waals surface area contributed by atoms with Gasteiger partial charge in [0, 0.05) is 75.4 Å². The number of aromatic nitrogens is 2. The van der Waals surface area contributed by atoms with E-state index in [4.69, 9.17) is 34.2 Å². The van der Waals surface area contributed by atoms with Crippen molar-refractivity contribution >= 4 is 23.6 Å². The topological polar surface area (TPSA) is 275 Å². The van der Waals surface area contributed by atoms with Crippen molar-refractivity contribution in [1.82, 2.24) is 20.2 Å². The van der Waals surface area contributed by atoms with Crippen LogP contribution in [0.15, 0.2) is 36.7 Å². The number of nitrogen functional groups attached to an aromatic ring is 1. The smallest absolute Gasteiger partial charge is 0.309 e. The molecule has 0 spiro atoms. The molecule has 1 aromatic carbocycles. The number of aliphatic hydroxyl groups is 5. The lowest BCUT2D eigenvalue weighted by Crippen LogP contribution is -2.62. The lowest BCUT2D eigenvalue weighted by atomic mass is 9.67. The Kier molecular flexibility index (Phi) is 20.5. The summed E-state index contributed by atoms with van der Waals surface area (Å²) in [5.74, 6) is -5.84. The third-order valence-corrected chi connectivity index (χ3v) is 16.4. The lowest BCUT2D eigenvalue weighted by molar-refractivity contribution is -0.305. The number of esters is 1. The molecule has 4 heterocycles. The lowest BCUT2D eigenvalue weighted by Gasteiger charge is -2.52. The Balaban J connectivity index is 1.43. The van der Waals surface area contributed by atoms with Crippen LogP contribution in [0.5, 0.6) is 0 Å². The van der Waals surface area contributed by atoms with Crippen LogP contribution < -0.4 is 11.1 Å². The zero-order chi connectivity index (χ0) is 54.5. The molecule has 2 aromatic rings. The average molecular weight is 1030 g/mol. The first-order valence-electron chi connectivity index (χ1n) is 25.7. The number of methoxy groups -OCH3 is 2. The SMILES string of the molecule is CC[C@H]1OC(=O)[C@H](C)[C@@H](C2C[C@@](C)(OC)[C@@H](O)[C@H](C)O2)[C@H](C)[C@@H](O[C@@H]2O[C@H](C)C[C@H](N(C)CCC(=O)N[C@H](CF)[C@H](O)c3ccc(-c4cnc(N)nc4)cc3)[C@H]2O)[C@](C)(OC)C[C@@H](C)C(=O)[C@H](C)[C@@H](O)[C@]1(C)O. The Morgan fingerprint density at radius 1 is 0.932 bits per heavy atom. The number of aliphatic hydroxyl groups excluding tert-OH is 4. The molecule has 3 saturated heterocycles. The van der Waals surface area contributed by atoms with Crippen molar-refractivity contribution in [2.24, 2.45) is 29.6 Å². The molecular weight excluding hydrogens is 950 g/mol. The number of likely N-dealkylation sites (N-methyl/N-ethyl adjacent to an activating group) is 1. The molecule has 19 nitrogen and oxygen atoms in total. The number of carbonyl (C=O) groups excluding carboxylic acids is 3. The molecule has 0 radical (unpaired) electrons. The zero-order valence-electron chi connectivity index (χ0n) is 44.9. The number of nitrogens with two attached hydrogens (primary N) is 1. The van der Waals surface area contributed by atoms with Gasteiger partial charge in [-0.3, -0.25) is 14.4 Å². The quantitative estimate of drug-likeness (QED) is 0.125. The highest BCUT2D eigenvalue weighted by Gasteiger charge is 2.56. The fourth-order valence-electron chi connectivity index (χ4n) is 11.6. The van der Waals surface area contributed by atoms with Crippen LogP contribution >= 0.6 is 0 Å². The minimum absolute atomic E-state index is 0.0332. The molecule has 0 bridgehead atoms. The van der Waals surface area contributed by atoms with E-state index in [1.165, 1.54) is 28.1 Å². The number of alkyl halides is 1. The molecule has 3 fully saturated rings. The summed E-state index contributed by atoms with van der Waals surface area (Å²) in [7, 11) is 4.71. The zero-order valence-corrected chi connectivity index (χ0v) is 44.9. The Morgan fingerprint density at radius 2 is 1.55 bits per heavy atom. The Hall–Kier alpha value is -3.80. The number of benzene rings is 1. The summed E-state index contributed by atoms with van der Waals surface area (Å²) in [5.41, 5.74) is 2.95. The van der Waals surface area contributed by atoms with E-state index < -0.39 is 138 Å². The molecule has 0 aliphatic carbocycles. The number of nitrogens with zero attached hydrogens (tertiary/aromatic N) is 3. The summed E-state index contributed by atoms with van der Waals surface area (Å²) in [6, 6.07) is 4.84. The van der Waals surface area contributed by atoms with E-state index in [0.717, 1.165) is 5.56 Å². The number of halogens is 1. The van der Waals surface area contributed by atoms with Crippen molar-refractivity contribution in [3.05, 3.63) is 42.2 Å². The fraction of sp³-hybridized carbons (Fsp3) is 0.755. The van der Waals surface area contributed by atoms with Gasteiger partial charge in [-0.05, 0) is 78.0 Å². The monoisotopic (exact) mass is 1030 g/mol. The van der Waals surface area contributed by atoms with E-state index in [0.29, 0.717) is 17.5 Å². The van der Waals surface area contributed by atoms with E-state index in [1.807, 2.05) is 13.8 Å². The number of hydrogen-bond acceptors (Lipinski definition) is 18. The summed E-state index contributed by atoms with van der Waals surface area (Å²) in [6.45, 7) is 16.0. The first-order valence-corrected chi connectivity index (χ1v) is 25.7. The maximum atomic E-state index is 14.6. The van der Waals surface area contributed by atoms with Crippen LogP contribution in [0.1, 0.15) is 113 Å². The standard InChI is InChI=1S/C53H84FN5O14/c1-14-39-53(10,67)45(64)31(6)42(61)27(2)22-52(9,69-13)47(29(4)41(30(5)48(66)72-39)38-23-51(8,68-12)46(65)32(7)71-38)73-49-44(63)37(21-28(3)70-49)59(11)20-19-40(60)58-36(24-54)43(62)34-17-15-33(16-18-34)35-25-56-50(55)57-26-35/h15-18,25-32,36-39,41,43-47,49,62-65,67H,14,19-24H2,1-13H3,(H,58,60)(H2,55,56,57)/t27-,28-,29+,30-,31+,32+,36-,37+,38?,39-,41+,43-,44-,45-,46+,47-,49+,51-,52-,53-/m1/s1. The second kappa shape index (κ2) is 24.9. The van der Waals surface area contributed by atoms with E-state index in [9.17, 15) is 44.3 Å². The summed E-state index contributed by atoms with van der Waals surface area (Å²) in [4.78, 5) is 52.1. The van der Waals surface area contributed by atoms with E-state index in [-0.39, 0.29) is 44.0 Å². The number of nitrogens with one attached hydrogen (secondary N) is 1. The number of ketones is 1. The van der Waals surface area contributed by atoms with Gasteiger partial charge in [0.25, 0.3) is 0 Å². The summed E-state index contributed by atoms with van der Waals surface area (Å²) in [6.07, 6.45) is -7.29. The maximum Gasteiger partial charge on any atom is 0.309 e. The minimum atomic E-state index is -2.02. The molecule has 0 saturated carbocycles. The number of cyclic esters (lactones) is 1.